The van der Waals surface area contributed by atoms with Gasteiger partial charge in [0.1, 0.15) is 5.82 Å². The highest BCUT2D eigenvalue weighted by Crippen LogP contribution is 2.24. The lowest BCUT2D eigenvalue weighted by Crippen LogP contribution is -2.19. The molecule has 0 unspecified atom stereocenters. The summed E-state index contributed by atoms with van der Waals surface area (Å²) >= 11 is 5.65. The maximum Gasteiger partial charge on any atom is 0.251 e. The van der Waals surface area contributed by atoms with Gasteiger partial charge in [0.25, 0.3) is 5.56 Å². The van der Waals surface area contributed by atoms with E-state index in [1.54, 1.807) is 6.07 Å². The summed E-state index contributed by atoms with van der Waals surface area (Å²) in [5.41, 5.74) is 0.722. The third-order valence-corrected chi connectivity index (χ3v) is 2.83. The van der Waals surface area contributed by atoms with Crippen molar-refractivity contribution in [2.45, 2.75) is 24.6 Å². The summed E-state index contributed by atoms with van der Waals surface area (Å²) in [6, 6.07) is 1.56. The van der Waals surface area contributed by atoms with Crippen molar-refractivity contribution in [3.8, 4) is 0 Å². The zero-order valence-electron chi connectivity index (χ0n) is 8.33. The van der Waals surface area contributed by atoms with Crippen LogP contribution in [0.3, 0.4) is 0 Å². The van der Waals surface area contributed by atoms with Crippen LogP contribution in [0.5, 0.6) is 0 Å². The van der Waals surface area contributed by atoms with Crippen molar-refractivity contribution >= 4 is 11.6 Å². The van der Waals surface area contributed by atoms with Gasteiger partial charge >= 0.3 is 0 Å². The molecule has 2 heterocycles. The van der Waals surface area contributed by atoms with Gasteiger partial charge in [-0.3, -0.25) is 4.79 Å². The molecule has 0 saturated carbocycles. The van der Waals surface area contributed by atoms with Gasteiger partial charge in [0, 0.05) is 25.2 Å². The molecule has 1 aromatic heterocycles. The Balaban J connectivity index is 2.26. The van der Waals surface area contributed by atoms with E-state index >= 15 is 0 Å². The van der Waals surface area contributed by atoms with Crippen molar-refractivity contribution < 1.29 is 4.74 Å². The molecule has 2 rings (SSSR count). The summed E-state index contributed by atoms with van der Waals surface area (Å²) in [5, 5.41) is 0. The van der Waals surface area contributed by atoms with Crippen molar-refractivity contribution in [2.75, 3.05) is 13.2 Å². The van der Waals surface area contributed by atoms with Crippen LogP contribution in [0.1, 0.15) is 30.3 Å². The van der Waals surface area contributed by atoms with Crippen LogP contribution >= 0.6 is 11.6 Å². The predicted molar refractivity (Wildman–Crippen MR) is 57.2 cm³/mol. The van der Waals surface area contributed by atoms with Gasteiger partial charge in [0.05, 0.1) is 11.6 Å². The number of hydrogen-bond donors (Lipinski definition) is 1. The Morgan fingerprint density at radius 3 is 2.93 bits per heavy atom. The van der Waals surface area contributed by atoms with E-state index in [-0.39, 0.29) is 11.4 Å². The molecule has 82 valence electrons. The molecule has 1 aromatic rings. The standard InChI is InChI=1S/C10H13ClN2O2/c11-6-9-12-8(5-10(14)13-9)7-1-3-15-4-2-7/h5,7H,1-4,6H2,(H,12,13,14). The van der Waals surface area contributed by atoms with Crippen molar-refractivity contribution in [2.24, 2.45) is 0 Å². The number of alkyl halides is 1. The zero-order chi connectivity index (χ0) is 10.7. The van der Waals surface area contributed by atoms with E-state index < -0.39 is 0 Å². The first-order chi connectivity index (χ1) is 7.29. The molecule has 4 nitrogen and oxygen atoms in total. The quantitative estimate of drug-likeness (QED) is 0.779. The second kappa shape index (κ2) is 4.77. The number of H-pyrrole nitrogens is 1. The summed E-state index contributed by atoms with van der Waals surface area (Å²) in [7, 11) is 0. The number of rotatable bonds is 2. The molecule has 1 N–H and O–H groups in total. The number of halogens is 1. The van der Waals surface area contributed by atoms with Crippen LogP contribution in [-0.2, 0) is 10.6 Å². The molecule has 0 amide bonds. The monoisotopic (exact) mass is 228 g/mol. The van der Waals surface area contributed by atoms with Crippen molar-refractivity contribution in [3.05, 3.63) is 27.9 Å². The summed E-state index contributed by atoms with van der Waals surface area (Å²) in [6.45, 7) is 1.49. The Kier molecular flexibility index (Phi) is 3.38. The fraction of sp³-hybridized carbons (Fsp3) is 0.600. The summed E-state index contributed by atoms with van der Waals surface area (Å²) in [5.74, 6) is 1.13. The minimum atomic E-state index is -0.123. The second-order valence-corrected chi connectivity index (χ2v) is 3.90. The maximum absolute atomic E-state index is 11.3. The molecule has 0 aliphatic carbocycles. The highest BCUT2D eigenvalue weighted by atomic mass is 35.5. The molecule has 0 spiro atoms. The fourth-order valence-corrected chi connectivity index (χ4v) is 1.92. The van der Waals surface area contributed by atoms with Crippen molar-refractivity contribution in [3.63, 3.8) is 0 Å². The van der Waals surface area contributed by atoms with E-state index in [9.17, 15) is 4.79 Å². The topological polar surface area (TPSA) is 55.0 Å². The van der Waals surface area contributed by atoms with Crippen LogP contribution in [0.2, 0.25) is 0 Å². The van der Waals surface area contributed by atoms with E-state index in [0.717, 1.165) is 31.7 Å². The van der Waals surface area contributed by atoms with Crippen LogP contribution < -0.4 is 5.56 Å². The molecule has 1 aliphatic heterocycles. The molecular weight excluding hydrogens is 216 g/mol. The van der Waals surface area contributed by atoms with Gasteiger partial charge in [-0.1, -0.05) is 0 Å². The minimum Gasteiger partial charge on any atom is -0.381 e. The fourth-order valence-electron chi connectivity index (χ4n) is 1.79. The smallest absolute Gasteiger partial charge is 0.251 e. The average molecular weight is 229 g/mol. The van der Waals surface area contributed by atoms with Gasteiger partial charge in [0.2, 0.25) is 0 Å². The molecule has 0 bridgehead atoms. The highest BCUT2D eigenvalue weighted by molar-refractivity contribution is 6.16. The average Bonchev–Trinajstić information content (AvgIpc) is 2.29. The van der Waals surface area contributed by atoms with Gasteiger partial charge < -0.3 is 9.72 Å². The molecule has 1 fully saturated rings. The largest absolute Gasteiger partial charge is 0.381 e. The number of ether oxygens (including phenoxy) is 1. The van der Waals surface area contributed by atoms with E-state index in [2.05, 4.69) is 9.97 Å². The van der Waals surface area contributed by atoms with Crippen LogP contribution in [0.15, 0.2) is 10.9 Å². The lowest BCUT2D eigenvalue weighted by Gasteiger charge is -2.21. The third-order valence-electron chi connectivity index (χ3n) is 2.58. The van der Waals surface area contributed by atoms with Crippen LogP contribution in [-0.4, -0.2) is 23.2 Å². The first-order valence-electron chi connectivity index (χ1n) is 5.03. The molecule has 0 radical (unpaired) electrons. The van der Waals surface area contributed by atoms with E-state index in [4.69, 9.17) is 16.3 Å². The number of nitrogens with zero attached hydrogens (tertiary/aromatic N) is 1. The highest BCUT2D eigenvalue weighted by Gasteiger charge is 2.18. The van der Waals surface area contributed by atoms with Gasteiger partial charge in [-0.05, 0) is 12.8 Å². The van der Waals surface area contributed by atoms with E-state index in [1.807, 2.05) is 0 Å². The van der Waals surface area contributed by atoms with Gasteiger partial charge in [-0.15, -0.1) is 11.6 Å². The number of hydrogen-bond acceptors (Lipinski definition) is 3. The van der Waals surface area contributed by atoms with Crippen LogP contribution in [0.25, 0.3) is 0 Å². The Bertz CT molecular complexity index is 385. The Hall–Kier alpha value is -0.870. The van der Waals surface area contributed by atoms with E-state index in [1.165, 1.54) is 0 Å². The predicted octanol–water partition coefficient (Wildman–Crippen LogP) is 1.40. The Morgan fingerprint density at radius 1 is 1.53 bits per heavy atom. The first-order valence-corrected chi connectivity index (χ1v) is 5.57. The molecular formula is C10H13ClN2O2. The lowest BCUT2D eigenvalue weighted by molar-refractivity contribution is 0.0844. The van der Waals surface area contributed by atoms with Gasteiger partial charge in [-0.25, -0.2) is 4.98 Å². The normalized spacial score (nSPS) is 17.9. The molecule has 1 saturated heterocycles. The molecule has 0 atom stereocenters. The van der Waals surface area contributed by atoms with Gasteiger partial charge in [-0.2, -0.15) is 0 Å². The second-order valence-electron chi connectivity index (χ2n) is 3.64. The van der Waals surface area contributed by atoms with Gasteiger partial charge in [0.15, 0.2) is 0 Å². The number of aromatic amines is 1. The third kappa shape index (κ3) is 2.58. The summed E-state index contributed by atoms with van der Waals surface area (Å²) in [4.78, 5) is 18.3. The Morgan fingerprint density at radius 2 is 2.27 bits per heavy atom. The molecule has 0 aromatic carbocycles. The number of aromatic nitrogens is 2. The molecule has 1 aliphatic rings. The zero-order valence-corrected chi connectivity index (χ0v) is 9.09. The van der Waals surface area contributed by atoms with Crippen LogP contribution in [0.4, 0.5) is 0 Å². The first kappa shape index (κ1) is 10.6. The van der Waals surface area contributed by atoms with Crippen LogP contribution in [0, 0.1) is 0 Å². The minimum absolute atomic E-state index is 0.123. The van der Waals surface area contributed by atoms with Crippen molar-refractivity contribution in [1.29, 1.82) is 0 Å². The molecule has 15 heavy (non-hydrogen) atoms. The van der Waals surface area contributed by atoms with E-state index in [0.29, 0.717) is 11.7 Å². The van der Waals surface area contributed by atoms with Crippen molar-refractivity contribution in [1.82, 2.24) is 9.97 Å². The lowest BCUT2D eigenvalue weighted by atomic mass is 9.96. The SMILES string of the molecule is O=c1cc(C2CCOCC2)nc(CCl)[nH]1. The number of nitrogens with one attached hydrogen (secondary N) is 1. The Labute approximate surface area is 92.6 Å². The summed E-state index contributed by atoms with van der Waals surface area (Å²) in [6.07, 6.45) is 1.86. The summed E-state index contributed by atoms with van der Waals surface area (Å²) < 4.78 is 5.27. The molecule has 5 heteroatoms. The maximum atomic E-state index is 11.3.